The lowest BCUT2D eigenvalue weighted by Crippen LogP contribution is -2.14. The zero-order valence-corrected chi connectivity index (χ0v) is 14.4. The van der Waals surface area contributed by atoms with Gasteiger partial charge in [-0.1, -0.05) is 54.6 Å². The fraction of sp³-hybridized carbons (Fsp3) is 0.136. The molecule has 4 heteroatoms. The van der Waals surface area contributed by atoms with Crippen LogP contribution >= 0.6 is 0 Å². The summed E-state index contributed by atoms with van der Waals surface area (Å²) in [6.07, 6.45) is 0.669. The molecule has 0 saturated heterocycles. The van der Waals surface area contributed by atoms with Gasteiger partial charge in [0.25, 0.3) is 0 Å². The first-order chi connectivity index (χ1) is 12.6. The molecule has 3 aromatic rings. The summed E-state index contributed by atoms with van der Waals surface area (Å²) in [7, 11) is 1.58. The van der Waals surface area contributed by atoms with Crippen molar-refractivity contribution in [1.82, 2.24) is 0 Å². The van der Waals surface area contributed by atoms with E-state index in [2.05, 4.69) is 0 Å². The standard InChI is InChI=1S/C22H19FN2O/c1-26-22-18(16-10-11-17(14-24)20(23)13-16)8-5-9-19(22)21(25)12-15-6-3-2-4-7-15/h2-11,13,21H,12,25H2,1H3. The molecule has 1 atom stereocenters. The zero-order chi connectivity index (χ0) is 18.5. The Morgan fingerprint density at radius 1 is 1.08 bits per heavy atom. The van der Waals surface area contributed by atoms with Gasteiger partial charge >= 0.3 is 0 Å². The molecule has 0 spiro atoms. The van der Waals surface area contributed by atoms with Gasteiger partial charge in [-0.05, 0) is 29.7 Å². The first kappa shape index (κ1) is 17.7. The average molecular weight is 346 g/mol. The molecular weight excluding hydrogens is 327 g/mol. The number of hydrogen-bond donors (Lipinski definition) is 1. The van der Waals surface area contributed by atoms with Gasteiger partial charge in [-0.2, -0.15) is 5.26 Å². The zero-order valence-electron chi connectivity index (χ0n) is 14.4. The molecule has 0 aliphatic rings. The summed E-state index contributed by atoms with van der Waals surface area (Å²) in [5, 5.41) is 8.91. The highest BCUT2D eigenvalue weighted by atomic mass is 19.1. The number of ether oxygens (including phenoxy) is 1. The summed E-state index contributed by atoms with van der Waals surface area (Å²) in [4.78, 5) is 0. The van der Waals surface area contributed by atoms with E-state index in [0.717, 1.165) is 16.7 Å². The SMILES string of the molecule is COc1c(-c2ccc(C#N)c(F)c2)cccc1C(N)Cc1ccccc1. The number of hydrogen-bond acceptors (Lipinski definition) is 3. The predicted octanol–water partition coefficient (Wildman–Crippen LogP) is 4.62. The lowest BCUT2D eigenvalue weighted by Gasteiger charge is -2.19. The van der Waals surface area contributed by atoms with Gasteiger partial charge in [0.2, 0.25) is 0 Å². The summed E-state index contributed by atoms with van der Waals surface area (Å²) in [5.74, 6) is 0.0751. The number of halogens is 1. The third-order valence-electron chi connectivity index (χ3n) is 4.35. The van der Waals surface area contributed by atoms with E-state index in [4.69, 9.17) is 15.7 Å². The lowest BCUT2D eigenvalue weighted by atomic mass is 9.94. The van der Waals surface area contributed by atoms with Crippen LogP contribution in [0.25, 0.3) is 11.1 Å². The smallest absolute Gasteiger partial charge is 0.141 e. The number of nitriles is 1. The van der Waals surface area contributed by atoms with E-state index < -0.39 is 5.82 Å². The second kappa shape index (κ2) is 7.81. The van der Waals surface area contributed by atoms with Crippen LogP contribution in [0.1, 0.15) is 22.7 Å². The van der Waals surface area contributed by atoms with Crippen LogP contribution in [-0.2, 0) is 6.42 Å². The number of nitrogens with zero attached hydrogens (tertiary/aromatic N) is 1. The van der Waals surface area contributed by atoms with Crippen LogP contribution < -0.4 is 10.5 Å². The molecule has 26 heavy (non-hydrogen) atoms. The van der Waals surface area contributed by atoms with E-state index in [1.54, 1.807) is 13.2 Å². The second-order valence-corrected chi connectivity index (χ2v) is 6.03. The molecular formula is C22H19FN2O. The molecule has 0 heterocycles. The van der Waals surface area contributed by atoms with Crippen molar-refractivity contribution < 1.29 is 9.13 Å². The topological polar surface area (TPSA) is 59.0 Å². The Labute approximate surface area is 152 Å². The van der Waals surface area contributed by atoms with Crippen LogP contribution in [0.4, 0.5) is 4.39 Å². The molecule has 0 bridgehead atoms. The molecule has 0 fully saturated rings. The highest BCUT2D eigenvalue weighted by Gasteiger charge is 2.17. The third kappa shape index (κ3) is 3.58. The third-order valence-corrected chi connectivity index (χ3v) is 4.35. The predicted molar refractivity (Wildman–Crippen MR) is 100 cm³/mol. The Morgan fingerprint density at radius 3 is 2.50 bits per heavy atom. The minimum Gasteiger partial charge on any atom is -0.496 e. The highest BCUT2D eigenvalue weighted by Crippen LogP contribution is 2.36. The van der Waals surface area contributed by atoms with Crippen molar-refractivity contribution in [2.75, 3.05) is 7.11 Å². The minimum atomic E-state index is -0.550. The minimum absolute atomic E-state index is 0.0182. The molecule has 0 amide bonds. The van der Waals surface area contributed by atoms with Gasteiger partial charge in [0.05, 0.1) is 12.7 Å². The van der Waals surface area contributed by atoms with Gasteiger partial charge in [0, 0.05) is 17.2 Å². The summed E-state index contributed by atoms with van der Waals surface area (Å²) < 4.78 is 19.6. The molecule has 130 valence electrons. The van der Waals surface area contributed by atoms with Crippen molar-refractivity contribution >= 4 is 0 Å². The van der Waals surface area contributed by atoms with Crippen molar-refractivity contribution in [2.24, 2.45) is 5.73 Å². The number of nitrogens with two attached hydrogens (primary N) is 1. The molecule has 1 unspecified atom stereocenters. The number of benzene rings is 3. The summed E-state index contributed by atoms with van der Waals surface area (Å²) in [6.45, 7) is 0. The Hall–Kier alpha value is -3.16. The first-order valence-corrected chi connectivity index (χ1v) is 8.30. The number of rotatable bonds is 5. The molecule has 3 aromatic carbocycles. The summed E-state index contributed by atoms with van der Waals surface area (Å²) >= 11 is 0. The van der Waals surface area contributed by atoms with Crippen molar-refractivity contribution in [3.05, 3.63) is 89.2 Å². The molecule has 2 N–H and O–H groups in total. The highest BCUT2D eigenvalue weighted by molar-refractivity contribution is 5.73. The van der Waals surface area contributed by atoms with E-state index in [1.165, 1.54) is 12.1 Å². The Morgan fingerprint density at radius 2 is 1.85 bits per heavy atom. The van der Waals surface area contributed by atoms with Gasteiger partial charge in [0.15, 0.2) is 0 Å². The maximum absolute atomic E-state index is 14.0. The van der Waals surface area contributed by atoms with Gasteiger partial charge < -0.3 is 10.5 Å². The molecule has 0 saturated carbocycles. The van der Waals surface area contributed by atoms with Crippen LogP contribution in [0.15, 0.2) is 66.7 Å². The average Bonchev–Trinajstić information content (AvgIpc) is 2.68. The van der Waals surface area contributed by atoms with E-state index in [0.29, 0.717) is 17.7 Å². The molecule has 3 nitrogen and oxygen atoms in total. The Kier molecular flexibility index (Phi) is 5.31. The number of methoxy groups -OCH3 is 1. The largest absolute Gasteiger partial charge is 0.496 e. The van der Waals surface area contributed by atoms with Crippen molar-refractivity contribution in [3.63, 3.8) is 0 Å². The van der Waals surface area contributed by atoms with E-state index in [-0.39, 0.29) is 11.6 Å². The number of para-hydroxylation sites is 1. The summed E-state index contributed by atoms with van der Waals surface area (Å²) in [5.41, 5.74) is 9.84. The van der Waals surface area contributed by atoms with Gasteiger partial charge in [-0.15, -0.1) is 0 Å². The Bertz CT molecular complexity index is 948. The van der Waals surface area contributed by atoms with Gasteiger partial charge in [-0.3, -0.25) is 0 Å². The van der Waals surface area contributed by atoms with Crippen LogP contribution in [0.2, 0.25) is 0 Å². The van der Waals surface area contributed by atoms with Gasteiger partial charge in [0.1, 0.15) is 17.6 Å². The first-order valence-electron chi connectivity index (χ1n) is 8.30. The quantitative estimate of drug-likeness (QED) is 0.733. The van der Waals surface area contributed by atoms with Gasteiger partial charge in [-0.25, -0.2) is 4.39 Å². The van der Waals surface area contributed by atoms with Crippen molar-refractivity contribution in [2.45, 2.75) is 12.5 Å². The lowest BCUT2D eigenvalue weighted by molar-refractivity contribution is 0.407. The van der Waals surface area contributed by atoms with E-state index >= 15 is 0 Å². The molecule has 3 rings (SSSR count). The van der Waals surface area contributed by atoms with Crippen LogP contribution in [-0.4, -0.2) is 7.11 Å². The summed E-state index contributed by atoms with van der Waals surface area (Å²) in [6, 6.07) is 21.8. The fourth-order valence-corrected chi connectivity index (χ4v) is 3.05. The normalized spacial score (nSPS) is 11.6. The maximum atomic E-state index is 14.0. The van der Waals surface area contributed by atoms with Crippen molar-refractivity contribution in [3.8, 4) is 22.9 Å². The fourth-order valence-electron chi connectivity index (χ4n) is 3.05. The molecule has 0 aromatic heterocycles. The molecule has 0 aliphatic heterocycles. The second-order valence-electron chi connectivity index (χ2n) is 6.03. The van der Waals surface area contributed by atoms with Crippen LogP contribution in [0, 0.1) is 17.1 Å². The molecule has 0 aliphatic carbocycles. The maximum Gasteiger partial charge on any atom is 0.141 e. The molecule has 0 radical (unpaired) electrons. The van der Waals surface area contributed by atoms with Crippen LogP contribution in [0.3, 0.4) is 0 Å². The Balaban J connectivity index is 2.00. The van der Waals surface area contributed by atoms with Crippen LogP contribution in [0.5, 0.6) is 5.75 Å². The monoisotopic (exact) mass is 346 g/mol. The van der Waals surface area contributed by atoms with E-state index in [1.807, 2.05) is 54.6 Å². The van der Waals surface area contributed by atoms with E-state index in [9.17, 15) is 4.39 Å². The van der Waals surface area contributed by atoms with Crippen molar-refractivity contribution in [1.29, 1.82) is 5.26 Å².